The molecular formula is C28H32N6O4S. The van der Waals surface area contributed by atoms with Gasteiger partial charge in [-0.2, -0.15) is 5.10 Å². The van der Waals surface area contributed by atoms with Crippen LogP contribution in [0.1, 0.15) is 45.2 Å². The Labute approximate surface area is 228 Å². The number of nitrogens with zero attached hydrogens (tertiary/aromatic N) is 5. The lowest BCUT2D eigenvalue weighted by Gasteiger charge is -2.28. The molecule has 11 heteroatoms. The number of pyridine rings is 1. The third kappa shape index (κ3) is 5.18. The SMILES string of the molecule is CCOC(=O)N1C(CC)CC(c2ccnc3c(-c4cccc(NS(C)(=O)=O)c4)c(-c4ccncc4)nn23)C1C. The summed E-state index contributed by atoms with van der Waals surface area (Å²) in [5.41, 5.74) is 5.15. The highest BCUT2D eigenvalue weighted by atomic mass is 32.2. The molecule has 1 fully saturated rings. The van der Waals surface area contributed by atoms with Gasteiger partial charge >= 0.3 is 6.09 Å². The summed E-state index contributed by atoms with van der Waals surface area (Å²) in [6, 6.07) is 12.9. The van der Waals surface area contributed by atoms with Crippen LogP contribution in [0.25, 0.3) is 28.0 Å². The fourth-order valence-electron chi connectivity index (χ4n) is 5.55. The smallest absolute Gasteiger partial charge is 0.410 e. The first-order valence-corrected chi connectivity index (χ1v) is 14.9. The second-order valence-electron chi connectivity index (χ2n) is 9.77. The van der Waals surface area contributed by atoms with Crippen molar-refractivity contribution in [2.24, 2.45) is 0 Å². The molecule has 0 aliphatic carbocycles. The molecule has 3 aromatic heterocycles. The molecule has 0 saturated carbocycles. The van der Waals surface area contributed by atoms with Crippen molar-refractivity contribution in [1.29, 1.82) is 0 Å². The number of aromatic nitrogens is 4. The average Bonchev–Trinajstić information content (AvgIpc) is 3.46. The van der Waals surface area contributed by atoms with Crippen molar-refractivity contribution >= 4 is 27.5 Å². The van der Waals surface area contributed by atoms with E-state index in [1.807, 2.05) is 40.6 Å². The number of hydrogen-bond donors (Lipinski definition) is 1. The van der Waals surface area contributed by atoms with E-state index in [-0.39, 0.29) is 24.1 Å². The Kier molecular flexibility index (Phi) is 7.26. The van der Waals surface area contributed by atoms with Crippen molar-refractivity contribution in [1.82, 2.24) is 24.5 Å². The van der Waals surface area contributed by atoms with Crippen LogP contribution in [0.2, 0.25) is 0 Å². The third-order valence-electron chi connectivity index (χ3n) is 7.23. The maximum atomic E-state index is 12.8. The van der Waals surface area contributed by atoms with E-state index in [1.54, 1.807) is 36.8 Å². The van der Waals surface area contributed by atoms with Gasteiger partial charge in [0, 0.05) is 47.8 Å². The second-order valence-corrected chi connectivity index (χ2v) is 11.5. The molecule has 1 saturated heterocycles. The lowest BCUT2D eigenvalue weighted by Crippen LogP contribution is -2.41. The molecule has 3 unspecified atom stereocenters. The first-order chi connectivity index (χ1) is 18.7. The van der Waals surface area contributed by atoms with Crippen LogP contribution in [-0.2, 0) is 14.8 Å². The molecule has 1 N–H and O–H groups in total. The molecule has 3 atom stereocenters. The van der Waals surface area contributed by atoms with Gasteiger partial charge in [0.25, 0.3) is 0 Å². The Morgan fingerprint density at radius 1 is 1.10 bits per heavy atom. The van der Waals surface area contributed by atoms with E-state index in [4.69, 9.17) is 14.8 Å². The Hall–Kier alpha value is -3.99. The minimum atomic E-state index is -3.45. The summed E-state index contributed by atoms with van der Waals surface area (Å²) in [5, 5.41) is 5.05. The van der Waals surface area contributed by atoms with E-state index < -0.39 is 10.0 Å². The number of hydrogen-bond acceptors (Lipinski definition) is 7. The Morgan fingerprint density at radius 2 is 1.87 bits per heavy atom. The van der Waals surface area contributed by atoms with Crippen LogP contribution in [0, 0.1) is 0 Å². The number of sulfonamides is 1. The van der Waals surface area contributed by atoms with E-state index in [2.05, 4.69) is 23.6 Å². The van der Waals surface area contributed by atoms with Crippen molar-refractivity contribution in [2.45, 2.75) is 51.6 Å². The van der Waals surface area contributed by atoms with Gasteiger partial charge in [-0.1, -0.05) is 19.1 Å². The normalized spacial score (nSPS) is 19.4. The highest BCUT2D eigenvalue weighted by Crippen LogP contribution is 2.41. The molecule has 204 valence electrons. The van der Waals surface area contributed by atoms with Crippen LogP contribution in [0.5, 0.6) is 0 Å². The summed E-state index contributed by atoms with van der Waals surface area (Å²) >= 11 is 0. The first-order valence-electron chi connectivity index (χ1n) is 13.0. The predicted molar refractivity (Wildman–Crippen MR) is 150 cm³/mol. The second kappa shape index (κ2) is 10.6. The Balaban J connectivity index is 1.68. The number of fused-ring (bicyclic) bond motifs is 1. The highest BCUT2D eigenvalue weighted by Gasteiger charge is 2.43. The standard InChI is InChI=1S/C28H32N6O4S/c1-5-22-17-23(18(3)33(22)28(35)38-6-2)24-12-15-30-27-25(20-8-7-9-21(16-20)32-39(4,36)37)26(31-34(24)27)19-10-13-29-14-11-19/h7-16,18,22-23,32H,5-6,17H2,1-4H3. The zero-order valence-electron chi connectivity index (χ0n) is 22.4. The maximum Gasteiger partial charge on any atom is 0.410 e. The van der Waals surface area contributed by atoms with Crippen molar-refractivity contribution in [3.63, 3.8) is 0 Å². The Bertz CT molecular complexity index is 1610. The van der Waals surface area contributed by atoms with Gasteiger partial charge in [0.2, 0.25) is 10.0 Å². The zero-order valence-corrected chi connectivity index (χ0v) is 23.2. The average molecular weight is 549 g/mol. The van der Waals surface area contributed by atoms with E-state index >= 15 is 0 Å². The molecule has 0 bridgehead atoms. The van der Waals surface area contributed by atoms with Gasteiger partial charge in [-0.05, 0) is 62.6 Å². The number of nitrogens with one attached hydrogen (secondary N) is 1. The summed E-state index contributed by atoms with van der Waals surface area (Å²) in [7, 11) is -3.45. The van der Waals surface area contributed by atoms with Crippen molar-refractivity contribution < 1.29 is 17.9 Å². The highest BCUT2D eigenvalue weighted by molar-refractivity contribution is 7.92. The fourth-order valence-corrected chi connectivity index (χ4v) is 6.10. The van der Waals surface area contributed by atoms with Crippen LogP contribution in [0.15, 0.2) is 61.1 Å². The maximum absolute atomic E-state index is 12.8. The number of carbonyl (C=O) groups is 1. The van der Waals surface area contributed by atoms with Crippen molar-refractivity contribution in [3.8, 4) is 22.4 Å². The van der Waals surface area contributed by atoms with Crippen molar-refractivity contribution in [2.75, 3.05) is 17.6 Å². The molecule has 0 radical (unpaired) electrons. The number of ether oxygens (including phenoxy) is 1. The minimum absolute atomic E-state index is 0.0149. The zero-order chi connectivity index (χ0) is 27.7. The summed E-state index contributed by atoms with van der Waals surface area (Å²) in [4.78, 5) is 23.6. The number of likely N-dealkylation sites (tertiary alicyclic amines) is 1. The van der Waals surface area contributed by atoms with Gasteiger partial charge in [-0.25, -0.2) is 22.7 Å². The fraction of sp³-hybridized carbons (Fsp3) is 0.357. The molecular weight excluding hydrogens is 516 g/mol. The van der Waals surface area contributed by atoms with Crippen LogP contribution >= 0.6 is 0 Å². The Morgan fingerprint density at radius 3 is 2.56 bits per heavy atom. The molecule has 5 rings (SSSR count). The van der Waals surface area contributed by atoms with Crippen LogP contribution in [0.4, 0.5) is 10.5 Å². The van der Waals surface area contributed by atoms with Gasteiger partial charge in [0.05, 0.1) is 24.1 Å². The number of rotatable bonds is 7. The molecule has 1 aliphatic rings. The van der Waals surface area contributed by atoms with E-state index in [1.165, 1.54) is 0 Å². The molecule has 1 amide bonds. The van der Waals surface area contributed by atoms with E-state index in [0.717, 1.165) is 41.5 Å². The van der Waals surface area contributed by atoms with Gasteiger partial charge in [-0.15, -0.1) is 0 Å². The molecule has 4 heterocycles. The third-order valence-corrected chi connectivity index (χ3v) is 7.83. The molecule has 4 aromatic rings. The quantitative estimate of drug-likeness (QED) is 0.347. The monoisotopic (exact) mass is 548 g/mol. The van der Waals surface area contributed by atoms with Gasteiger partial charge in [0.1, 0.15) is 5.69 Å². The number of anilines is 1. The van der Waals surface area contributed by atoms with Gasteiger partial charge < -0.3 is 9.64 Å². The van der Waals surface area contributed by atoms with Gasteiger partial charge in [-0.3, -0.25) is 9.71 Å². The van der Waals surface area contributed by atoms with Crippen molar-refractivity contribution in [3.05, 3.63) is 66.7 Å². The largest absolute Gasteiger partial charge is 0.450 e. The summed E-state index contributed by atoms with van der Waals surface area (Å²) in [5.74, 6) is 0.0149. The number of amides is 1. The van der Waals surface area contributed by atoms with E-state index in [9.17, 15) is 13.2 Å². The van der Waals surface area contributed by atoms with Crippen LogP contribution in [-0.4, -0.2) is 63.9 Å². The minimum Gasteiger partial charge on any atom is -0.450 e. The summed E-state index contributed by atoms with van der Waals surface area (Å²) < 4.78 is 33.6. The van der Waals surface area contributed by atoms with E-state index in [0.29, 0.717) is 23.6 Å². The van der Waals surface area contributed by atoms with Crippen LogP contribution < -0.4 is 4.72 Å². The lowest BCUT2D eigenvalue weighted by atomic mass is 9.95. The molecule has 1 aliphatic heterocycles. The summed E-state index contributed by atoms with van der Waals surface area (Å²) in [6.07, 6.45) is 7.62. The molecule has 0 spiro atoms. The molecule has 39 heavy (non-hydrogen) atoms. The van der Waals surface area contributed by atoms with Gasteiger partial charge in [0.15, 0.2) is 5.65 Å². The molecule has 10 nitrogen and oxygen atoms in total. The van der Waals surface area contributed by atoms with Crippen LogP contribution in [0.3, 0.4) is 0 Å². The lowest BCUT2D eigenvalue weighted by molar-refractivity contribution is 0.0888. The topological polar surface area (TPSA) is 119 Å². The first kappa shape index (κ1) is 26.6. The number of carbonyl (C=O) groups excluding carboxylic acids is 1. The summed E-state index contributed by atoms with van der Waals surface area (Å²) in [6.45, 7) is 6.28. The predicted octanol–water partition coefficient (Wildman–Crippen LogP) is 4.94. The molecule has 1 aromatic carbocycles. The number of benzene rings is 1.